The minimum Gasteiger partial charge on any atom is -0.299 e. The average Bonchev–Trinajstić information content (AvgIpc) is 3.01. The minimum absolute atomic E-state index is 0.0510. The molecule has 2 aromatic rings. The first-order valence-electron chi connectivity index (χ1n) is 8.36. The van der Waals surface area contributed by atoms with Crippen molar-refractivity contribution in [3.05, 3.63) is 57.0 Å². The summed E-state index contributed by atoms with van der Waals surface area (Å²) >= 11 is 0. The Morgan fingerprint density at radius 3 is 2.46 bits per heavy atom. The molecule has 1 aromatic heterocycles. The van der Waals surface area contributed by atoms with Crippen molar-refractivity contribution >= 4 is 9.84 Å². The highest BCUT2D eigenvalue weighted by Crippen LogP contribution is 2.23. The van der Waals surface area contributed by atoms with Crippen LogP contribution in [0.2, 0.25) is 0 Å². The van der Waals surface area contributed by atoms with Gasteiger partial charge in [0.25, 0.3) is 5.56 Å². The summed E-state index contributed by atoms with van der Waals surface area (Å²) in [5.41, 5.74) is 3.80. The minimum atomic E-state index is -3.02. The van der Waals surface area contributed by atoms with Crippen LogP contribution in [0.1, 0.15) is 54.6 Å². The lowest BCUT2D eigenvalue weighted by atomic mass is 9.99. The lowest BCUT2D eigenvalue weighted by molar-refractivity contribution is 0.483. The summed E-state index contributed by atoms with van der Waals surface area (Å²) in [7, 11) is -3.02. The Morgan fingerprint density at radius 1 is 1.25 bits per heavy atom. The van der Waals surface area contributed by atoms with Crippen LogP contribution in [0.15, 0.2) is 29.1 Å². The molecular weight excluding hydrogens is 324 g/mol. The van der Waals surface area contributed by atoms with Gasteiger partial charge in [-0.15, -0.1) is 0 Å². The number of nitrogens with zero attached hydrogens (tertiary/aromatic N) is 1. The van der Waals surface area contributed by atoms with Gasteiger partial charge in [0.05, 0.1) is 17.5 Å². The highest BCUT2D eigenvalue weighted by Gasteiger charge is 2.31. The number of H-pyrrole nitrogens is 1. The third kappa shape index (κ3) is 3.34. The first-order chi connectivity index (χ1) is 11.3. The molecule has 130 valence electrons. The Hall–Kier alpha value is -1.82. The molecule has 6 heteroatoms. The maximum absolute atomic E-state index is 12.7. The van der Waals surface area contributed by atoms with E-state index in [1.807, 2.05) is 6.92 Å². The second-order valence-electron chi connectivity index (χ2n) is 7.02. The molecule has 2 heterocycles. The van der Waals surface area contributed by atoms with Crippen LogP contribution in [-0.2, 0) is 16.3 Å². The van der Waals surface area contributed by atoms with Gasteiger partial charge in [-0.3, -0.25) is 9.89 Å². The number of nitrogens with one attached hydrogen (secondary N) is 1. The molecule has 0 unspecified atom stereocenters. The van der Waals surface area contributed by atoms with E-state index in [-0.39, 0.29) is 23.1 Å². The molecule has 0 radical (unpaired) electrons. The van der Waals surface area contributed by atoms with E-state index in [0.29, 0.717) is 18.8 Å². The quantitative estimate of drug-likeness (QED) is 0.923. The predicted octanol–water partition coefficient (Wildman–Crippen LogP) is 2.56. The first-order valence-corrected chi connectivity index (χ1v) is 10.2. The van der Waals surface area contributed by atoms with Gasteiger partial charge in [0.1, 0.15) is 0 Å². The Bertz CT molecular complexity index is 889. The fraction of sp³-hybridized carbons (Fsp3) is 0.500. The van der Waals surface area contributed by atoms with Gasteiger partial charge in [-0.05, 0) is 30.4 Å². The fourth-order valence-corrected chi connectivity index (χ4v) is 4.97. The van der Waals surface area contributed by atoms with E-state index in [1.165, 1.54) is 10.2 Å². The number of aromatic amines is 1. The Labute approximate surface area is 142 Å². The first kappa shape index (κ1) is 17.0. The topological polar surface area (TPSA) is 71.9 Å². The Morgan fingerprint density at radius 2 is 1.92 bits per heavy atom. The summed E-state index contributed by atoms with van der Waals surface area (Å²) in [4.78, 5) is 12.7. The molecule has 5 nitrogen and oxygen atoms in total. The zero-order valence-electron chi connectivity index (χ0n) is 14.4. The van der Waals surface area contributed by atoms with Gasteiger partial charge in [0.15, 0.2) is 9.84 Å². The maximum atomic E-state index is 12.7. The summed E-state index contributed by atoms with van der Waals surface area (Å²) in [6.07, 6.45) is 1.07. The second-order valence-corrected chi connectivity index (χ2v) is 9.25. The molecule has 24 heavy (non-hydrogen) atoms. The van der Waals surface area contributed by atoms with Crippen molar-refractivity contribution in [1.82, 2.24) is 9.78 Å². The molecule has 1 fully saturated rings. The molecule has 0 bridgehead atoms. The number of benzene rings is 1. The molecule has 0 amide bonds. The number of aromatic nitrogens is 2. The number of rotatable bonds is 4. The third-order valence-corrected chi connectivity index (χ3v) is 6.57. The average molecular weight is 348 g/mol. The van der Waals surface area contributed by atoms with Crippen molar-refractivity contribution in [1.29, 1.82) is 0 Å². The highest BCUT2D eigenvalue weighted by molar-refractivity contribution is 7.91. The second kappa shape index (κ2) is 6.24. The lowest BCUT2D eigenvalue weighted by Gasteiger charge is -2.08. The van der Waals surface area contributed by atoms with Crippen LogP contribution in [0.3, 0.4) is 0 Å². The molecule has 0 saturated carbocycles. The van der Waals surface area contributed by atoms with E-state index < -0.39 is 9.84 Å². The Balaban J connectivity index is 1.86. The van der Waals surface area contributed by atoms with Crippen molar-refractivity contribution in [3.63, 3.8) is 0 Å². The summed E-state index contributed by atoms with van der Waals surface area (Å²) in [6.45, 7) is 6.18. The molecule has 1 atom stereocenters. The van der Waals surface area contributed by atoms with E-state index in [2.05, 4.69) is 43.2 Å². The predicted molar refractivity (Wildman–Crippen MR) is 95.4 cm³/mol. The lowest BCUT2D eigenvalue weighted by Crippen LogP contribution is -2.25. The third-order valence-electron chi connectivity index (χ3n) is 4.82. The molecule has 1 aliphatic heterocycles. The van der Waals surface area contributed by atoms with Crippen LogP contribution in [0, 0.1) is 6.92 Å². The summed E-state index contributed by atoms with van der Waals surface area (Å²) in [5, 5.41) is 3.08. The standard InChI is InChI=1S/C18H24N2O3S/c1-12(2)15-6-4-14(5-7-15)10-17-13(3)19-20(18(17)21)16-8-9-24(22,23)11-16/h4-7,12,16,19H,8-11H2,1-3H3/t16-/m0/s1. The Kier molecular flexibility index (Phi) is 4.42. The molecule has 0 spiro atoms. The number of aryl methyl sites for hydroxylation is 1. The van der Waals surface area contributed by atoms with Gasteiger partial charge in [0.2, 0.25) is 0 Å². The normalized spacial score (nSPS) is 19.9. The van der Waals surface area contributed by atoms with Gasteiger partial charge >= 0.3 is 0 Å². The van der Waals surface area contributed by atoms with Crippen LogP contribution in [0.5, 0.6) is 0 Å². The zero-order valence-corrected chi connectivity index (χ0v) is 15.2. The van der Waals surface area contributed by atoms with E-state index >= 15 is 0 Å². The van der Waals surface area contributed by atoms with Crippen molar-refractivity contribution in [2.75, 3.05) is 11.5 Å². The van der Waals surface area contributed by atoms with Gasteiger partial charge in [-0.2, -0.15) is 0 Å². The molecule has 1 N–H and O–H groups in total. The van der Waals surface area contributed by atoms with E-state index in [4.69, 9.17) is 0 Å². The van der Waals surface area contributed by atoms with Crippen molar-refractivity contribution in [3.8, 4) is 0 Å². The number of hydrogen-bond donors (Lipinski definition) is 1. The van der Waals surface area contributed by atoms with Crippen LogP contribution in [-0.4, -0.2) is 29.7 Å². The number of hydrogen-bond acceptors (Lipinski definition) is 3. The van der Waals surface area contributed by atoms with Crippen LogP contribution in [0.4, 0.5) is 0 Å². The van der Waals surface area contributed by atoms with Crippen molar-refractivity contribution in [2.24, 2.45) is 0 Å². The summed E-state index contributed by atoms with van der Waals surface area (Å²) in [6, 6.07) is 8.06. The van der Waals surface area contributed by atoms with Gasteiger partial charge in [-0.25, -0.2) is 13.1 Å². The zero-order chi connectivity index (χ0) is 17.5. The largest absolute Gasteiger partial charge is 0.299 e. The SMILES string of the molecule is Cc1[nH]n([C@H]2CCS(=O)(=O)C2)c(=O)c1Cc1ccc(C(C)C)cc1. The van der Waals surface area contributed by atoms with E-state index in [1.54, 1.807) is 0 Å². The van der Waals surface area contributed by atoms with E-state index in [9.17, 15) is 13.2 Å². The van der Waals surface area contributed by atoms with Crippen LogP contribution in [0.25, 0.3) is 0 Å². The molecule has 1 aliphatic rings. The van der Waals surface area contributed by atoms with Gasteiger partial charge in [0, 0.05) is 17.7 Å². The monoisotopic (exact) mass is 348 g/mol. The maximum Gasteiger partial charge on any atom is 0.270 e. The molecule has 3 rings (SSSR count). The molecular formula is C18H24N2O3S. The van der Waals surface area contributed by atoms with E-state index in [0.717, 1.165) is 16.8 Å². The summed E-state index contributed by atoms with van der Waals surface area (Å²) in [5.74, 6) is 0.693. The fourth-order valence-electron chi connectivity index (χ4n) is 3.27. The smallest absolute Gasteiger partial charge is 0.270 e. The van der Waals surface area contributed by atoms with Crippen molar-refractivity contribution < 1.29 is 8.42 Å². The molecule has 1 saturated heterocycles. The molecule has 1 aromatic carbocycles. The van der Waals surface area contributed by atoms with Gasteiger partial charge < -0.3 is 0 Å². The summed E-state index contributed by atoms with van der Waals surface area (Å²) < 4.78 is 24.8. The number of sulfone groups is 1. The van der Waals surface area contributed by atoms with Crippen LogP contribution >= 0.6 is 0 Å². The van der Waals surface area contributed by atoms with Crippen LogP contribution < -0.4 is 5.56 Å². The van der Waals surface area contributed by atoms with Gasteiger partial charge in [-0.1, -0.05) is 38.1 Å². The highest BCUT2D eigenvalue weighted by atomic mass is 32.2. The van der Waals surface area contributed by atoms with Crippen molar-refractivity contribution in [2.45, 2.75) is 45.6 Å². The molecule has 0 aliphatic carbocycles.